The van der Waals surface area contributed by atoms with Crippen LogP contribution in [0.15, 0.2) is 18.2 Å². The maximum Gasteiger partial charge on any atom is 0.315 e. The molecule has 1 aromatic heterocycles. The van der Waals surface area contributed by atoms with Crippen LogP contribution < -0.4 is 0 Å². The van der Waals surface area contributed by atoms with Crippen molar-refractivity contribution in [2.75, 3.05) is 12.4 Å². The molecule has 0 bridgehead atoms. The minimum absolute atomic E-state index is 0.102. The van der Waals surface area contributed by atoms with E-state index in [0.717, 1.165) is 24.2 Å². The summed E-state index contributed by atoms with van der Waals surface area (Å²) in [6.45, 7) is 8.73. The first-order valence-electron chi connectivity index (χ1n) is 6.59. The van der Waals surface area contributed by atoms with E-state index in [1.807, 2.05) is 25.1 Å². The van der Waals surface area contributed by atoms with Gasteiger partial charge in [0.1, 0.15) is 0 Å². The van der Waals surface area contributed by atoms with Crippen LogP contribution in [-0.4, -0.2) is 28.1 Å². The first kappa shape index (κ1) is 16.0. The molecule has 1 rings (SSSR count). The molecule has 0 saturated carbocycles. The quantitative estimate of drug-likeness (QED) is 0.592. The van der Waals surface area contributed by atoms with E-state index in [1.54, 1.807) is 11.8 Å². The Bertz CT molecular complexity index is 413. The van der Waals surface area contributed by atoms with Crippen molar-refractivity contribution in [1.82, 2.24) is 4.98 Å². The second kappa shape index (κ2) is 7.53. The molecule has 1 heterocycles. The highest BCUT2D eigenvalue weighted by Crippen LogP contribution is 2.22. The molecule has 19 heavy (non-hydrogen) atoms. The van der Waals surface area contributed by atoms with Gasteiger partial charge in [-0.3, -0.25) is 9.78 Å². The number of aryl methyl sites for hydroxylation is 2. The number of aromatic nitrogens is 1. The van der Waals surface area contributed by atoms with Crippen LogP contribution in [-0.2, 0) is 16.0 Å². The van der Waals surface area contributed by atoms with Crippen LogP contribution in [0.3, 0.4) is 0 Å². The van der Waals surface area contributed by atoms with Gasteiger partial charge in [-0.05, 0) is 31.9 Å². The number of nitrogens with zero attached hydrogens (tertiary/aromatic N) is 1. The third-order valence-corrected chi connectivity index (χ3v) is 3.66. The van der Waals surface area contributed by atoms with E-state index in [-0.39, 0.29) is 10.7 Å². The minimum atomic E-state index is -0.128. The number of carbonyl (C=O) groups excluding carboxylic acids is 1. The number of pyridine rings is 1. The second-order valence-electron chi connectivity index (χ2n) is 5.50. The van der Waals surface area contributed by atoms with Crippen LogP contribution in [0.2, 0.25) is 0 Å². The first-order valence-corrected chi connectivity index (χ1v) is 7.57. The smallest absolute Gasteiger partial charge is 0.315 e. The monoisotopic (exact) mass is 281 g/mol. The van der Waals surface area contributed by atoms with E-state index in [9.17, 15) is 4.79 Å². The van der Waals surface area contributed by atoms with E-state index in [2.05, 4.69) is 25.8 Å². The van der Waals surface area contributed by atoms with Crippen molar-refractivity contribution in [2.45, 2.75) is 45.3 Å². The number of thioether (sulfide) groups is 1. The Balaban J connectivity index is 2.15. The van der Waals surface area contributed by atoms with Gasteiger partial charge in [0.2, 0.25) is 0 Å². The van der Waals surface area contributed by atoms with Crippen LogP contribution in [0.25, 0.3) is 0 Å². The topological polar surface area (TPSA) is 39.2 Å². The molecule has 0 N–H and O–H groups in total. The van der Waals surface area contributed by atoms with E-state index in [1.165, 1.54) is 0 Å². The summed E-state index contributed by atoms with van der Waals surface area (Å²) in [5.41, 5.74) is 2.08. The molecule has 0 spiro atoms. The van der Waals surface area contributed by atoms with E-state index >= 15 is 0 Å². The molecular formula is C15H23NO2S. The predicted molar refractivity (Wildman–Crippen MR) is 80.5 cm³/mol. The molecule has 0 amide bonds. The zero-order chi connectivity index (χ0) is 14.3. The molecule has 4 heteroatoms. The maximum atomic E-state index is 11.5. The van der Waals surface area contributed by atoms with Gasteiger partial charge in [-0.25, -0.2) is 0 Å². The van der Waals surface area contributed by atoms with Crippen LogP contribution in [0.5, 0.6) is 0 Å². The standard InChI is InChI=1S/C15H23NO2S/c1-12-7-5-8-13(16-12)9-6-10-18-14(17)11-19-15(2,3)4/h5,7-8H,6,9-11H2,1-4H3. The fourth-order valence-electron chi connectivity index (χ4n) is 1.50. The molecule has 0 saturated heterocycles. The minimum Gasteiger partial charge on any atom is -0.465 e. The predicted octanol–water partition coefficient (Wildman–Crippen LogP) is 3.40. The molecule has 1 aromatic rings. The van der Waals surface area contributed by atoms with E-state index < -0.39 is 0 Å². The summed E-state index contributed by atoms with van der Waals surface area (Å²) in [6.07, 6.45) is 1.67. The Hall–Kier alpha value is -1.03. The van der Waals surface area contributed by atoms with Gasteiger partial charge < -0.3 is 4.74 Å². The lowest BCUT2D eigenvalue weighted by molar-refractivity contribution is -0.140. The Morgan fingerprint density at radius 1 is 1.37 bits per heavy atom. The highest BCUT2D eigenvalue weighted by atomic mass is 32.2. The van der Waals surface area contributed by atoms with Crippen molar-refractivity contribution in [3.05, 3.63) is 29.6 Å². The Labute approximate surface area is 120 Å². The molecule has 0 atom stereocenters. The fraction of sp³-hybridized carbons (Fsp3) is 0.600. The fourth-order valence-corrected chi connectivity index (χ4v) is 2.13. The lowest BCUT2D eigenvalue weighted by Gasteiger charge is -2.16. The second-order valence-corrected chi connectivity index (χ2v) is 7.30. The average molecular weight is 281 g/mol. The summed E-state index contributed by atoms with van der Waals surface area (Å²) in [5.74, 6) is 0.295. The zero-order valence-corrected chi connectivity index (χ0v) is 13.0. The number of esters is 1. The molecule has 0 fully saturated rings. The van der Waals surface area contributed by atoms with Crippen LogP contribution >= 0.6 is 11.8 Å². The van der Waals surface area contributed by atoms with E-state index in [4.69, 9.17) is 4.74 Å². The van der Waals surface area contributed by atoms with Gasteiger partial charge in [-0.2, -0.15) is 0 Å². The van der Waals surface area contributed by atoms with E-state index in [0.29, 0.717) is 12.4 Å². The molecule has 0 radical (unpaired) electrons. The number of ether oxygens (including phenoxy) is 1. The van der Waals surface area contributed by atoms with Gasteiger partial charge in [0, 0.05) is 16.1 Å². The lowest BCUT2D eigenvalue weighted by atomic mass is 10.2. The Kier molecular flexibility index (Phi) is 6.35. The van der Waals surface area contributed by atoms with Crippen molar-refractivity contribution in [3.8, 4) is 0 Å². The number of hydrogen-bond donors (Lipinski definition) is 0. The maximum absolute atomic E-state index is 11.5. The average Bonchev–Trinajstić information content (AvgIpc) is 2.31. The van der Waals surface area contributed by atoms with Crippen LogP contribution in [0.1, 0.15) is 38.6 Å². The molecule has 0 aliphatic carbocycles. The highest BCUT2D eigenvalue weighted by Gasteiger charge is 2.13. The highest BCUT2D eigenvalue weighted by molar-refractivity contribution is 8.01. The summed E-state index contributed by atoms with van der Waals surface area (Å²) in [4.78, 5) is 15.9. The third kappa shape index (κ3) is 7.88. The van der Waals surface area contributed by atoms with Gasteiger partial charge in [0.25, 0.3) is 0 Å². The summed E-state index contributed by atoms with van der Waals surface area (Å²) < 4.78 is 5.30. The molecule has 0 unspecified atom stereocenters. The van der Waals surface area contributed by atoms with Gasteiger partial charge in [0.15, 0.2) is 0 Å². The largest absolute Gasteiger partial charge is 0.465 e. The van der Waals surface area contributed by atoms with Gasteiger partial charge in [-0.1, -0.05) is 26.8 Å². The summed E-state index contributed by atoms with van der Waals surface area (Å²) in [7, 11) is 0. The van der Waals surface area contributed by atoms with Gasteiger partial charge >= 0.3 is 5.97 Å². The Morgan fingerprint density at radius 2 is 2.11 bits per heavy atom. The van der Waals surface area contributed by atoms with Crippen molar-refractivity contribution in [2.24, 2.45) is 0 Å². The molecule has 0 aliphatic heterocycles. The van der Waals surface area contributed by atoms with Crippen molar-refractivity contribution >= 4 is 17.7 Å². The number of carbonyl (C=O) groups is 1. The van der Waals surface area contributed by atoms with Gasteiger partial charge in [-0.15, -0.1) is 11.8 Å². The van der Waals surface area contributed by atoms with Crippen molar-refractivity contribution in [3.63, 3.8) is 0 Å². The summed E-state index contributed by atoms with van der Waals surface area (Å²) >= 11 is 1.61. The van der Waals surface area contributed by atoms with Crippen LogP contribution in [0, 0.1) is 6.92 Å². The SMILES string of the molecule is Cc1cccc(CCCOC(=O)CSC(C)(C)C)n1. The summed E-state index contributed by atoms with van der Waals surface area (Å²) in [6, 6.07) is 5.99. The van der Waals surface area contributed by atoms with Gasteiger partial charge in [0.05, 0.1) is 12.4 Å². The van der Waals surface area contributed by atoms with Crippen molar-refractivity contribution in [1.29, 1.82) is 0 Å². The molecular weight excluding hydrogens is 258 g/mol. The zero-order valence-electron chi connectivity index (χ0n) is 12.2. The van der Waals surface area contributed by atoms with Crippen molar-refractivity contribution < 1.29 is 9.53 Å². The molecule has 106 valence electrons. The summed E-state index contributed by atoms with van der Waals surface area (Å²) in [5, 5.41) is 0. The number of hydrogen-bond acceptors (Lipinski definition) is 4. The lowest BCUT2D eigenvalue weighted by Crippen LogP contribution is -2.15. The van der Waals surface area contributed by atoms with Crippen LogP contribution in [0.4, 0.5) is 0 Å². The third-order valence-electron chi connectivity index (χ3n) is 2.41. The molecule has 0 aromatic carbocycles. The molecule has 0 aliphatic rings. The Morgan fingerprint density at radius 3 is 2.74 bits per heavy atom. The molecule has 3 nitrogen and oxygen atoms in total. The first-order chi connectivity index (χ1) is 8.87. The normalized spacial score (nSPS) is 11.4. The number of rotatable bonds is 6.